The predicted molar refractivity (Wildman–Crippen MR) is 75.6 cm³/mol. The summed E-state index contributed by atoms with van der Waals surface area (Å²) in [5.41, 5.74) is 7.13. The van der Waals surface area contributed by atoms with Gasteiger partial charge in [-0.3, -0.25) is 0 Å². The van der Waals surface area contributed by atoms with Crippen LogP contribution in [0.4, 0.5) is 5.69 Å². The van der Waals surface area contributed by atoms with Crippen LogP contribution in [0.2, 0.25) is 0 Å². The SMILES string of the molecule is CCC(C#N)S(=O)(=O)N(CC)Cc1ccccc1N. The number of benzene rings is 1. The fourth-order valence-electron chi connectivity index (χ4n) is 1.80. The maximum atomic E-state index is 12.3. The van der Waals surface area contributed by atoms with Crippen LogP contribution in [0.1, 0.15) is 25.8 Å². The number of nitriles is 1. The molecule has 0 aliphatic heterocycles. The highest BCUT2D eigenvalue weighted by atomic mass is 32.2. The molecule has 1 rings (SSSR count). The number of hydrogen-bond acceptors (Lipinski definition) is 4. The molecule has 1 aromatic carbocycles. The van der Waals surface area contributed by atoms with Crippen molar-refractivity contribution in [1.29, 1.82) is 5.26 Å². The third kappa shape index (κ3) is 3.46. The van der Waals surface area contributed by atoms with Gasteiger partial charge in [-0.05, 0) is 18.1 Å². The molecule has 0 heterocycles. The average Bonchev–Trinajstić information content (AvgIpc) is 2.38. The van der Waals surface area contributed by atoms with Gasteiger partial charge in [-0.15, -0.1) is 0 Å². The minimum absolute atomic E-state index is 0.198. The van der Waals surface area contributed by atoms with E-state index in [-0.39, 0.29) is 13.0 Å². The van der Waals surface area contributed by atoms with Crippen LogP contribution in [0.3, 0.4) is 0 Å². The maximum absolute atomic E-state index is 12.3. The third-order valence-electron chi connectivity index (χ3n) is 2.99. The minimum Gasteiger partial charge on any atom is -0.398 e. The number of sulfonamides is 1. The van der Waals surface area contributed by atoms with Crippen molar-refractivity contribution in [3.63, 3.8) is 0 Å². The van der Waals surface area contributed by atoms with Crippen molar-refractivity contribution in [1.82, 2.24) is 4.31 Å². The van der Waals surface area contributed by atoms with E-state index in [1.807, 2.05) is 12.1 Å². The Bertz CT molecular complexity index is 563. The third-order valence-corrected chi connectivity index (χ3v) is 5.25. The van der Waals surface area contributed by atoms with E-state index in [1.54, 1.807) is 32.0 Å². The summed E-state index contributed by atoms with van der Waals surface area (Å²) in [4.78, 5) is 0. The number of nitrogens with zero attached hydrogens (tertiary/aromatic N) is 2. The molecule has 1 aromatic rings. The second-order valence-corrected chi connectivity index (χ2v) is 6.31. The molecule has 6 heteroatoms. The van der Waals surface area contributed by atoms with Crippen LogP contribution in [0.15, 0.2) is 24.3 Å². The number of para-hydroxylation sites is 1. The van der Waals surface area contributed by atoms with Crippen molar-refractivity contribution in [2.75, 3.05) is 12.3 Å². The van der Waals surface area contributed by atoms with Gasteiger partial charge in [0.25, 0.3) is 0 Å². The van der Waals surface area contributed by atoms with Crippen molar-refractivity contribution in [3.05, 3.63) is 29.8 Å². The molecule has 1 atom stereocenters. The fourth-order valence-corrected chi connectivity index (χ4v) is 3.39. The van der Waals surface area contributed by atoms with Crippen LogP contribution >= 0.6 is 0 Å². The lowest BCUT2D eigenvalue weighted by atomic mass is 10.2. The van der Waals surface area contributed by atoms with E-state index in [2.05, 4.69) is 0 Å². The summed E-state index contributed by atoms with van der Waals surface area (Å²) in [5, 5.41) is 7.94. The first-order valence-electron chi connectivity index (χ1n) is 6.19. The molecule has 0 bridgehead atoms. The van der Waals surface area contributed by atoms with Crippen molar-refractivity contribution in [2.45, 2.75) is 32.1 Å². The van der Waals surface area contributed by atoms with Gasteiger partial charge in [0.1, 0.15) is 0 Å². The molecule has 0 fully saturated rings. The lowest BCUT2D eigenvalue weighted by molar-refractivity contribution is 0.419. The van der Waals surface area contributed by atoms with Gasteiger partial charge >= 0.3 is 0 Å². The molecular formula is C13H19N3O2S. The first kappa shape index (κ1) is 15.5. The van der Waals surface area contributed by atoms with Gasteiger partial charge in [0, 0.05) is 18.8 Å². The van der Waals surface area contributed by atoms with Gasteiger partial charge in [0.05, 0.1) is 6.07 Å². The van der Waals surface area contributed by atoms with Gasteiger partial charge in [0.15, 0.2) is 5.25 Å². The number of nitrogens with two attached hydrogens (primary N) is 1. The molecule has 0 saturated heterocycles. The second kappa shape index (κ2) is 6.55. The zero-order valence-corrected chi connectivity index (χ0v) is 12.0. The zero-order valence-electron chi connectivity index (χ0n) is 11.2. The molecule has 0 saturated carbocycles. The Morgan fingerprint density at radius 3 is 2.47 bits per heavy atom. The molecular weight excluding hydrogens is 262 g/mol. The van der Waals surface area contributed by atoms with E-state index in [4.69, 9.17) is 11.0 Å². The molecule has 0 aliphatic carbocycles. The molecule has 19 heavy (non-hydrogen) atoms. The number of rotatable bonds is 6. The van der Waals surface area contributed by atoms with Crippen molar-refractivity contribution >= 4 is 15.7 Å². The van der Waals surface area contributed by atoms with Crippen LogP contribution in [0.25, 0.3) is 0 Å². The van der Waals surface area contributed by atoms with E-state index in [0.29, 0.717) is 12.2 Å². The molecule has 0 aliphatic rings. The lowest BCUT2D eigenvalue weighted by Gasteiger charge is -2.23. The Morgan fingerprint density at radius 2 is 2.00 bits per heavy atom. The summed E-state index contributed by atoms with van der Waals surface area (Å²) in [5.74, 6) is 0. The minimum atomic E-state index is -3.61. The van der Waals surface area contributed by atoms with E-state index >= 15 is 0 Å². The number of anilines is 1. The van der Waals surface area contributed by atoms with Crippen LogP contribution in [-0.2, 0) is 16.6 Å². The fraction of sp³-hybridized carbons (Fsp3) is 0.462. The number of nitrogen functional groups attached to an aromatic ring is 1. The molecule has 104 valence electrons. The van der Waals surface area contributed by atoms with E-state index < -0.39 is 15.3 Å². The van der Waals surface area contributed by atoms with Crippen molar-refractivity contribution < 1.29 is 8.42 Å². The molecule has 0 aromatic heterocycles. The van der Waals surface area contributed by atoms with Gasteiger partial charge < -0.3 is 5.73 Å². The highest BCUT2D eigenvalue weighted by Gasteiger charge is 2.30. The Kier molecular flexibility index (Phi) is 5.33. The second-order valence-electron chi connectivity index (χ2n) is 4.20. The van der Waals surface area contributed by atoms with Gasteiger partial charge in [-0.25, -0.2) is 8.42 Å². The zero-order chi connectivity index (χ0) is 14.5. The molecule has 0 spiro atoms. The first-order chi connectivity index (χ1) is 8.97. The standard InChI is InChI=1S/C13H19N3O2S/c1-3-12(9-14)19(17,18)16(4-2)10-11-7-5-6-8-13(11)15/h5-8,12H,3-4,10,15H2,1-2H3. The number of hydrogen-bond donors (Lipinski definition) is 1. The van der Waals surface area contributed by atoms with Gasteiger partial charge in [-0.1, -0.05) is 32.0 Å². The summed E-state index contributed by atoms with van der Waals surface area (Å²) in [6.07, 6.45) is 0.277. The monoisotopic (exact) mass is 281 g/mol. The Labute approximate surface area is 114 Å². The smallest absolute Gasteiger partial charge is 0.230 e. The quantitative estimate of drug-likeness (QED) is 0.804. The van der Waals surface area contributed by atoms with E-state index in [0.717, 1.165) is 5.56 Å². The summed E-state index contributed by atoms with van der Waals surface area (Å²) in [7, 11) is -3.61. The predicted octanol–water partition coefficient (Wildman–Crippen LogP) is 1.72. The van der Waals surface area contributed by atoms with Crippen molar-refractivity contribution in [3.8, 4) is 6.07 Å². The van der Waals surface area contributed by atoms with Gasteiger partial charge in [0.2, 0.25) is 10.0 Å². The molecule has 0 amide bonds. The van der Waals surface area contributed by atoms with Crippen LogP contribution in [-0.4, -0.2) is 24.5 Å². The topological polar surface area (TPSA) is 87.2 Å². The Morgan fingerprint density at radius 1 is 1.37 bits per heavy atom. The Hall–Kier alpha value is -1.58. The molecule has 1 unspecified atom stereocenters. The van der Waals surface area contributed by atoms with Crippen LogP contribution < -0.4 is 5.73 Å². The molecule has 5 nitrogen and oxygen atoms in total. The normalized spacial score (nSPS) is 13.2. The highest BCUT2D eigenvalue weighted by molar-refractivity contribution is 7.89. The average molecular weight is 281 g/mol. The molecule has 2 N–H and O–H groups in total. The van der Waals surface area contributed by atoms with Crippen molar-refractivity contribution in [2.24, 2.45) is 0 Å². The summed E-state index contributed by atoms with van der Waals surface area (Å²) < 4.78 is 25.9. The summed E-state index contributed by atoms with van der Waals surface area (Å²) >= 11 is 0. The highest BCUT2D eigenvalue weighted by Crippen LogP contribution is 2.18. The molecule has 0 radical (unpaired) electrons. The van der Waals surface area contributed by atoms with E-state index in [1.165, 1.54) is 4.31 Å². The van der Waals surface area contributed by atoms with Crippen LogP contribution in [0.5, 0.6) is 0 Å². The van der Waals surface area contributed by atoms with Gasteiger partial charge in [-0.2, -0.15) is 9.57 Å². The first-order valence-corrected chi connectivity index (χ1v) is 7.69. The lowest BCUT2D eigenvalue weighted by Crippen LogP contribution is -2.37. The maximum Gasteiger partial charge on any atom is 0.230 e. The largest absolute Gasteiger partial charge is 0.398 e. The van der Waals surface area contributed by atoms with E-state index in [9.17, 15) is 8.42 Å². The summed E-state index contributed by atoms with van der Waals surface area (Å²) in [6, 6.07) is 8.98. The Balaban J connectivity index is 3.03. The summed E-state index contributed by atoms with van der Waals surface area (Å²) in [6.45, 7) is 3.95. The van der Waals surface area contributed by atoms with Crippen LogP contribution in [0, 0.1) is 11.3 Å².